The Morgan fingerprint density at radius 3 is 2.24 bits per heavy atom. The van der Waals surface area contributed by atoms with Crippen LogP contribution in [0.15, 0.2) is 0 Å². The molecule has 0 aromatic rings. The van der Waals surface area contributed by atoms with Crippen LogP contribution in [0.25, 0.3) is 0 Å². The van der Waals surface area contributed by atoms with Crippen molar-refractivity contribution in [1.29, 1.82) is 0 Å². The third-order valence-electron chi connectivity index (χ3n) is 3.66. The topological polar surface area (TPSA) is 9.23 Å². The fourth-order valence-corrected chi connectivity index (χ4v) is 2.13. The highest BCUT2D eigenvalue weighted by Gasteiger charge is 2.28. The molecule has 0 N–H and O–H groups in total. The summed E-state index contributed by atoms with van der Waals surface area (Å²) in [5, 5.41) is 0. The van der Waals surface area contributed by atoms with Crippen molar-refractivity contribution < 1.29 is 4.74 Å². The summed E-state index contributed by atoms with van der Waals surface area (Å²) in [6, 6.07) is 0. The van der Waals surface area contributed by atoms with Gasteiger partial charge in [-0.25, -0.2) is 0 Å². The van der Waals surface area contributed by atoms with Crippen molar-refractivity contribution in [3.05, 3.63) is 0 Å². The molecule has 0 spiro atoms. The van der Waals surface area contributed by atoms with E-state index in [1.54, 1.807) is 0 Å². The number of ether oxygens (including phenoxy) is 1. The van der Waals surface area contributed by atoms with E-state index in [9.17, 15) is 0 Å². The first kappa shape index (κ1) is 16.5. The summed E-state index contributed by atoms with van der Waals surface area (Å²) in [5.74, 6) is 3.26. The molecule has 17 heavy (non-hydrogen) atoms. The summed E-state index contributed by atoms with van der Waals surface area (Å²) in [6.45, 7) is 9.21. The summed E-state index contributed by atoms with van der Waals surface area (Å²) >= 11 is 0. The zero-order chi connectivity index (χ0) is 13.1. The highest BCUT2D eigenvalue weighted by Crippen LogP contribution is 2.26. The zero-order valence-electron chi connectivity index (χ0n) is 12.2. The molecule has 0 aromatic carbocycles. The minimum atomic E-state index is -0.377. The minimum absolute atomic E-state index is 0.377. The molecule has 0 bridgehead atoms. The standard InChI is InChI=1S/C16H30O/c1-6-9-10-11-12-13-14-15(4)16(5,7-2)17-8-3/h2,15H,6,8-14H2,1,3-5H3. The number of terminal acetylenes is 1. The van der Waals surface area contributed by atoms with Crippen molar-refractivity contribution >= 4 is 0 Å². The Morgan fingerprint density at radius 1 is 1.12 bits per heavy atom. The second-order valence-electron chi connectivity index (χ2n) is 5.14. The van der Waals surface area contributed by atoms with Gasteiger partial charge in [-0.3, -0.25) is 0 Å². The summed E-state index contributed by atoms with van der Waals surface area (Å²) in [7, 11) is 0. The van der Waals surface area contributed by atoms with Crippen molar-refractivity contribution in [1.82, 2.24) is 0 Å². The van der Waals surface area contributed by atoms with Gasteiger partial charge >= 0.3 is 0 Å². The Kier molecular flexibility index (Phi) is 9.27. The third kappa shape index (κ3) is 6.74. The van der Waals surface area contributed by atoms with Crippen molar-refractivity contribution in [2.24, 2.45) is 5.92 Å². The molecule has 100 valence electrons. The molecular weight excluding hydrogens is 208 g/mol. The first-order valence-corrected chi connectivity index (χ1v) is 7.22. The predicted octanol–water partition coefficient (Wildman–Crippen LogP) is 4.80. The van der Waals surface area contributed by atoms with E-state index in [0.717, 1.165) is 0 Å². The number of hydrogen-bond donors (Lipinski definition) is 0. The van der Waals surface area contributed by atoms with E-state index >= 15 is 0 Å². The van der Waals surface area contributed by atoms with Gasteiger partial charge in [0.1, 0.15) is 5.60 Å². The van der Waals surface area contributed by atoms with Gasteiger partial charge in [0.15, 0.2) is 0 Å². The molecule has 0 aromatic heterocycles. The maximum Gasteiger partial charge on any atom is 0.128 e. The van der Waals surface area contributed by atoms with Crippen LogP contribution in [-0.4, -0.2) is 12.2 Å². The molecule has 0 fully saturated rings. The molecule has 0 aliphatic heterocycles. The van der Waals surface area contributed by atoms with Crippen LogP contribution >= 0.6 is 0 Å². The van der Waals surface area contributed by atoms with Gasteiger partial charge in [-0.1, -0.05) is 58.3 Å². The SMILES string of the molecule is C#CC(C)(OCC)C(C)CCCCCCCC. The van der Waals surface area contributed by atoms with Crippen LogP contribution in [0.3, 0.4) is 0 Å². The molecule has 0 amide bonds. The molecule has 0 radical (unpaired) electrons. The highest BCUT2D eigenvalue weighted by atomic mass is 16.5. The maximum absolute atomic E-state index is 5.70. The molecule has 0 aliphatic carbocycles. The Morgan fingerprint density at radius 2 is 1.71 bits per heavy atom. The van der Waals surface area contributed by atoms with E-state index in [0.29, 0.717) is 12.5 Å². The Balaban J connectivity index is 3.77. The maximum atomic E-state index is 5.70. The van der Waals surface area contributed by atoms with Gasteiger partial charge in [0, 0.05) is 6.61 Å². The van der Waals surface area contributed by atoms with Crippen molar-refractivity contribution in [3.8, 4) is 12.3 Å². The van der Waals surface area contributed by atoms with E-state index in [1.165, 1.54) is 44.9 Å². The first-order chi connectivity index (χ1) is 8.10. The molecule has 1 nitrogen and oxygen atoms in total. The number of hydrogen-bond acceptors (Lipinski definition) is 1. The van der Waals surface area contributed by atoms with Crippen LogP contribution in [0, 0.1) is 18.3 Å². The van der Waals surface area contributed by atoms with Crippen molar-refractivity contribution in [2.45, 2.75) is 78.2 Å². The Hall–Kier alpha value is -0.480. The largest absolute Gasteiger partial charge is 0.363 e. The zero-order valence-corrected chi connectivity index (χ0v) is 12.2. The molecule has 1 heteroatoms. The van der Waals surface area contributed by atoms with Gasteiger partial charge in [-0.05, 0) is 26.2 Å². The van der Waals surface area contributed by atoms with Crippen LogP contribution in [0.1, 0.15) is 72.6 Å². The van der Waals surface area contributed by atoms with Crippen LogP contribution in [0.2, 0.25) is 0 Å². The van der Waals surface area contributed by atoms with Gasteiger partial charge in [0.2, 0.25) is 0 Å². The second-order valence-corrected chi connectivity index (χ2v) is 5.14. The lowest BCUT2D eigenvalue weighted by Crippen LogP contribution is -2.34. The van der Waals surface area contributed by atoms with Gasteiger partial charge in [-0.15, -0.1) is 6.42 Å². The predicted molar refractivity (Wildman–Crippen MR) is 76.0 cm³/mol. The lowest BCUT2D eigenvalue weighted by atomic mass is 9.86. The first-order valence-electron chi connectivity index (χ1n) is 7.22. The summed E-state index contributed by atoms with van der Waals surface area (Å²) in [6.07, 6.45) is 14.8. The van der Waals surface area contributed by atoms with Crippen LogP contribution in [-0.2, 0) is 4.74 Å². The van der Waals surface area contributed by atoms with E-state index < -0.39 is 0 Å². The molecule has 0 rings (SSSR count). The van der Waals surface area contributed by atoms with Gasteiger partial charge < -0.3 is 4.74 Å². The minimum Gasteiger partial charge on any atom is -0.363 e. The van der Waals surface area contributed by atoms with Gasteiger partial charge in [0.05, 0.1) is 0 Å². The van der Waals surface area contributed by atoms with Crippen LogP contribution in [0.4, 0.5) is 0 Å². The molecular formula is C16H30O. The van der Waals surface area contributed by atoms with Crippen molar-refractivity contribution in [2.75, 3.05) is 6.61 Å². The Bertz CT molecular complexity index is 216. The van der Waals surface area contributed by atoms with E-state index in [2.05, 4.69) is 19.8 Å². The molecule has 0 heterocycles. The van der Waals surface area contributed by atoms with Crippen LogP contribution in [0.5, 0.6) is 0 Å². The summed E-state index contributed by atoms with van der Waals surface area (Å²) in [4.78, 5) is 0. The fourth-order valence-electron chi connectivity index (χ4n) is 2.13. The molecule has 2 unspecified atom stereocenters. The fraction of sp³-hybridized carbons (Fsp3) is 0.875. The molecule has 0 aliphatic rings. The quantitative estimate of drug-likeness (QED) is 0.392. The third-order valence-corrected chi connectivity index (χ3v) is 3.66. The number of unbranched alkanes of at least 4 members (excludes halogenated alkanes) is 5. The van der Waals surface area contributed by atoms with E-state index in [1.807, 2.05) is 13.8 Å². The molecule has 0 saturated carbocycles. The van der Waals surface area contributed by atoms with Crippen molar-refractivity contribution in [3.63, 3.8) is 0 Å². The normalized spacial score (nSPS) is 16.2. The highest BCUT2D eigenvalue weighted by molar-refractivity contribution is 5.08. The summed E-state index contributed by atoms with van der Waals surface area (Å²) < 4.78 is 5.70. The van der Waals surface area contributed by atoms with E-state index in [-0.39, 0.29) is 5.60 Å². The number of rotatable bonds is 10. The lowest BCUT2D eigenvalue weighted by molar-refractivity contribution is -0.0207. The smallest absolute Gasteiger partial charge is 0.128 e. The van der Waals surface area contributed by atoms with Gasteiger partial charge in [-0.2, -0.15) is 0 Å². The second kappa shape index (κ2) is 9.54. The molecule has 0 saturated heterocycles. The van der Waals surface area contributed by atoms with Gasteiger partial charge in [0.25, 0.3) is 0 Å². The summed E-state index contributed by atoms with van der Waals surface area (Å²) in [5.41, 5.74) is -0.377. The Labute approximate surface area is 108 Å². The molecule has 2 atom stereocenters. The lowest BCUT2D eigenvalue weighted by Gasteiger charge is -2.30. The van der Waals surface area contributed by atoms with E-state index in [4.69, 9.17) is 11.2 Å². The van der Waals surface area contributed by atoms with Crippen LogP contribution < -0.4 is 0 Å². The monoisotopic (exact) mass is 238 g/mol. The average molecular weight is 238 g/mol. The average Bonchev–Trinajstić information content (AvgIpc) is 2.33.